The highest BCUT2D eigenvalue weighted by molar-refractivity contribution is 7.92. The quantitative estimate of drug-likeness (QED) is 0.713. The Balaban J connectivity index is 1.92. The molecule has 2 rings (SSSR count). The van der Waals surface area contributed by atoms with Crippen molar-refractivity contribution in [1.82, 2.24) is 9.80 Å². The van der Waals surface area contributed by atoms with Crippen LogP contribution in [0.5, 0.6) is 0 Å². The Labute approximate surface area is 127 Å². The average Bonchev–Trinajstić information content (AvgIpc) is 2.81. The maximum atomic E-state index is 12.2. The number of likely N-dealkylation sites (tertiary alicyclic amines) is 1. The number of morpholine rings is 1. The molecule has 7 heteroatoms. The lowest BCUT2D eigenvalue weighted by molar-refractivity contribution is -0.127. The summed E-state index contributed by atoms with van der Waals surface area (Å²) in [7, 11) is -3.25. The van der Waals surface area contributed by atoms with Crippen molar-refractivity contribution in [2.45, 2.75) is 26.3 Å². The van der Waals surface area contributed by atoms with Crippen molar-refractivity contribution >= 4 is 15.7 Å². The first kappa shape index (κ1) is 16.7. The molecule has 122 valence electrons. The zero-order valence-corrected chi connectivity index (χ0v) is 13.8. The standard InChI is InChI=1S/C14H26N2O4S/c1-3-8-21(18,19)11-14(17)16-9-12(2)13(10-16)15-4-6-20-7-5-15/h12-13H,3-11H2,1-2H3/t12-,13-/m1/s1. The maximum Gasteiger partial charge on any atom is 0.237 e. The van der Waals surface area contributed by atoms with Crippen LogP contribution in [0, 0.1) is 5.92 Å². The molecule has 1 amide bonds. The highest BCUT2D eigenvalue weighted by Gasteiger charge is 2.37. The van der Waals surface area contributed by atoms with Crippen LogP contribution in [0.25, 0.3) is 0 Å². The fraction of sp³-hybridized carbons (Fsp3) is 0.929. The van der Waals surface area contributed by atoms with E-state index in [9.17, 15) is 13.2 Å². The fourth-order valence-electron chi connectivity index (χ4n) is 3.20. The Bertz CT molecular complexity index is 460. The molecule has 2 heterocycles. The van der Waals surface area contributed by atoms with Crippen molar-refractivity contribution in [3.8, 4) is 0 Å². The van der Waals surface area contributed by atoms with E-state index in [1.165, 1.54) is 0 Å². The van der Waals surface area contributed by atoms with E-state index in [0.717, 1.165) is 26.3 Å². The zero-order valence-electron chi connectivity index (χ0n) is 13.0. The summed E-state index contributed by atoms with van der Waals surface area (Å²) < 4.78 is 28.9. The lowest BCUT2D eigenvalue weighted by atomic mass is 10.0. The predicted molar refractivity (Wildman–Crippen MR) is 80.9 cm³/mol. The third-order valence-electron chi connectivity index (χ3n) is 4.30. The van der Waals surface area contributed by atoms with Crippen molar-refractivity contribution in [3.63, 3.8) is 0 Å². The zero-order chi connectivity index (χ0) is 15.5. The molecule has 0 unspecified atom stereocenters. The second-order valence-corrected chi connectivity index (χ2v) is 8.27. The van der Waals surface area contributed by atoms with Gasteiger partial charge in [0.1, 0.15) is 5.75 Å². The van der Waals surface area contributed by atoms with Gasteiger partial charge in [0, 0.05) is 32.2 Å². The van der Waals surface area contributed by atoms with Crippen molar-refractivity contribution in [2.24, 2.45) is 5.92 Å². The monoisotopic (exact) mass is 318 g/mol. The number of ether oxygens (including phenoxy) is 1. The molecule has 0 aliphatic carbocycles. The summed E-state index contributed by atoms with van der Waals surface area (Å²) in [6.45, 7) is 8.51. The van der Waals surface area contributed by atoms with Gasteiger partial charge in [-0.3, -0.25) is 9.69 Å². The van der Waals surface area contributed by atoms with Gasteiger partial charge >= 0.3 is 0 Å². The third kappa shape index (κ3) is 4.40. The van der Waals surface area contributed by atoms with Gasteiger partial charge in [-0.05, 0) is 12.3 Å². The number of carbonyl (C=O) groups excluding carboxylic acids is 1. The number of hydrogen-bond acceptors (Lipinski definition) is 5. The summed E-state index contributed by atoms with van der Waals surface area (Å²) >= 11 is 0. The van der Waals surface area contributed by atoms with Crippen molar-refractivity contribution < 1.29 is 17.9 Å². The van der Waals surface area contributed by atoms with E-state index in [4.69, 9.17) is 4.74 Å². The molecule has 2 fully saturated rings. The van der Waals surface area contributed by atoms with Crippen LogP contribution in [-0.4, -0.2) is 81.1 Å². The van der Waals surface area contributed by atoms with Crippen LogP contribution in [0.3, 0.4) is 0 Å². The van der Waals surface area contributed by atoms with Gasteiger partial charge in [0.05, 0.1) is 19.0 Å². The van der Waals surface area contributed by atoms with E-state index < -0.39 is 9.84 Å². The number of hydrogen-bond donors (Lipinski definition) is 0. The smallest absolute Gasteiger partial charge is 0.237 e. The van der Waals surface area contributed by atoms with E-state index in [0.29, 0.717) is 31.5 Å². The van der Waals surface area contributed by atoms with Crippen LogP contribution in [0.1, 0.15) is 20.3 Å². The normalized spacial score (nSPS) is 28.0. The lowest BCUT2D eigenvalue weighted by Crippen LogP contribution is -2.47. The first-order chi connectivity index (χ1) is 9.93. The summed E-state index contributed by atoms with van der Waals surface area (Å²) in [5, 5.41) is 0. The Morgan fingerprint density at radius 3 is 2.52 bits per heavy atom. The summed E-state index contributed by atoms with van der Waals surface area (Å²) in [6, 6.07) is 0.326. The van der Waals surface area contributed by atoms with Crippen molar-refractivity contribution in [3.05, 3.63) is 0 Å². The van der Waals surface area contributed by atoms with Crippen LogP contribution < -0.4 is 0 Å². The minimum atomic E-state index is -3.25. The van der Waals surface area contributed by atoms with Crippen molar-refractivity contribution in [2.75, 3.05) is 50.9 Å². The predicted octanol–water partition coefficient (Wildman–Crippen LogP) is -0.00970. The molecule has 2 atom stereocenters. The number of nitrogens with zero attached hydrogens (tertiary/aromatic N) is 2. The van der Waals surface area contributed by atoms with Gasteiger partial charge in [0.2, 0.25) is 5.91 Å². The molecule has 0 radical (unpaired) electrons. The molecular formula is C14H26N2O4S. The van der Waals surface area contributed by atoms with Crippen LogP contribution in [0.2, 0.25) is 0 Å². The first-order valence-corrected chi connectivity index (χ1v) is 9.55. The minimum absolute atomic E-state index is 0.0923. The van der Waals surface area contributed by atoms with Crippen LogP contribution in [0.15, 0.2) is 0 Å². The summed E-state index contributed by atoms with van der Waals surface area (Å²) in [6.07, 6.45) is 0.558. The Morgan fingerprint density at radius 1 is 1.24 bits per heavy atom. The van der Waals surface area contributed by atoms with E-state index in [2.05, 4.69) is 11.8 Å². The van der Waals surface area contributed by atoms with E-state index >= 15 is 0 Å². The SMILES string of the molecule is CCCS(=O)(=O)CC(=O)N1C[C@@H](C)[C@H](N2CCOCC2)C1. The van der Waals surface area contributed by atoms with Crippen molar-refractivity contribution in [1.29, 1.82) is 0 Å². The molecule has 2 aliphatic heterocycles. The van der Waals surface area contributed by atoms with Crippen LogP contribution in [-0.2, 0) is 19.4 Å². The molecule has 0 aromatic carbocycles. The van der Waals surface area contributed by atoms with Crippen LogP contribution in [0.4, 0.5) is 0 Å². The number of rotatable bonds is 5. The minimum Gasteiger partial charge on any atom is -0.379 e. The Hall–Kier alpha value is -0.660. The molecule has 21 heavy (non-hydrogen) atoms. The molecule has 0 bridgehead atoms. The van der Waals surface area contributed by atoms with Gasteiger partial charge in [0.25, 0.3) is 0 Å². The number of sulfone groups is 1. The van der Waals surface area contributed by atoms with E-state index in [-0.39, 0.29) is 17.4 Å². The molecule has 0 spiro atoms. The second-order valence-electron chi connectivity index (χ2n) is 6.08. The van der Waals surface area contributed by atoms with Gasteiger partial charge in [-0.2, -0.15) is 0 Å². The van der Waals surface area contributed by atoms with E-state index in [1.807, 2.05) is 6.92 Å². The lowest BCUT2D eigenvalue weighted by Gasteiger charge is -2.33. The van der Waals surface area contributed by atoms with E-state index in [1.54, 1.807) is 4.90 Å². The third-order valence-corrected chi connectivity index (χ3v) is 6.02. The number of carbonyl (C=O) groups is 1. The fourth-order valence-corrected chi connectivity index (χ4v) is 4.53. The Kier molecular flexibility index (Phi) is 5.62. The molecule has 6 nitrogen and oxygen atoms in total. The number of amides is 1. The average molecular weight is 318 g/mol. The molecule has 2 saturated heterocycles. The summed E-state index contributed by atoms with van der Waals surface area (Å²) in [4.78, 5) is 16.3. The van der Waals surface area contributed by atoms with Gasteiger partial charge in [0.15, 0.2) is 9.84 Å². The largest absolute Gasteiger partial charge is 0.379 e. The molecule has 0 aromatic rings. The van der Waals surface area contributed by atoms with Gasteiger partial charge in [-0.25, -0.2) is 8.42 Å². The maximum absolute atomic E-state index is 12.2. The second kappa shape index (κ2) is 7.07. The summed E-state index contributed by atoms with van der Waals surface area (Å²) in [5.41, 5.74) is 0. The highest BCUT2D eigenvalue weighted by Crippen LogP contribution is 2.23. The highest BCUT2D eigenvalue weighted by atomic mass is 32.2. The molecular weight excluding hydrogens is 292 g/mol. The van der Waals surface area contributed by atoms with Crippen LogP contribution >= 0.6 is 0 Å². The Morgan fingerprint density at radius 2 is 1.90 bits per heavy atom. The molecule has 0 saturated carbocycles. The first-order valence-electron chi connectivity index (χ1n) is 7.73. The molecule has 2 aliphatic rings. The summed E-state index contributed by atoms with van der Waals surface area (Å²) in [5.74, 6) is -0.120. The topological polar surface area (TPSA) is 66.9 Å². The molecule has 0 aromatic heterocycles. The van der Waals surface area contributed by atoms with Gasteiger partial charge in [-0.15, -0.1) is 0 Å². The van der Waals surface area contributed by atoms with Gasteiger partial charge in [-0.1, -0.05) is 13.8 Å². The molecule has 0 N–H and O–H groups in total. The van der Waals surface area contributed by atoms with Gasteiger partial charge < -0.3 is 9.64 Å².